The van der Waals surface area contributed by atoms with Gasteiger partial charge < -0.3 is 4.98 Å². The van der Waals surface area contributed by atoms with E-state index < -0.39 is 0 Å². The van der Waals surface area contributed by atoms with Gasteiger partial charge in [-0.3, -0.25) is 4.79 Å². The van der Waals surface area contributed by atoms with Crippen molar-refractivity contribution < 1.29 is 0 Å². The summed E-state index contributed by atoms with van der Waals surface area (Å²) in [5.41, 5.74) is 2.42. The first-order valence-corrected chi connectivity index (χ1v) is 5.33. The zero-order valence-electron chi connectivity index (χ0n) is 8.36. The van der Waals surface area contributed by atoms with Crippen molar-refractivity contribution in [2.45, 2.75) is 25.2 Å². The first kappa shape index (κ1) is 8.65. The molecule has 0 spiro atoms. The third-order valence-corrected chi connectivity index (χ3v) is 3.12. The molecule has 0 atom stereocenters. The molecule has 0 unspecified atom stereocenters. The Kier molecular flexibility index (Phi) is 1.84. The number of para-hydroxylation sites is 2. The Hall–Kier alpha value is -1.64. The lowest BCUT2D eigenvalue weighted by molar-refractivity contribution is 0.408. The van der Waals surface area contributed by atoms with Crippen molar-refractivity contribution in [2.75, 3.05) is 0 Å². The van der Waals surface area contributed by atoms with E-state index in [1.54, 1.807) is 0 Å². The molecule has 0 aliphatic heterocycles. The second kappa shape index (κ2) is 3.19. The van der Waals surface area contributed by atoms with E-state index in [0.717, 1.165) is 29.6 Å². The van der Waals surface area contributed by atoms with Crippen LogP contribution < -0.4 is 5.56 Å². The molecule has 1 heterocycles. The van der Waals surface area contributed by atoms with E-state index in [1.165, 1.54) is 6.42 Å². The lowest BCUT2D eigenvalue weighted by atomic mass is 9.83. The average Bonchev–Trinajstić information content (AvgIpc) is 2.16. The predicted molar refractivity (Wildman–Crippen MR) is 59.0 cm³/mol. The number of aromatic amines is 1. The van der Waals surface area contributed by atoms with Crippen LogP contribution in [0.3, 0.4) is 0 Å². The molecule has 1 N–H and O–H groups in total. The van der Waals surface area contributed by atoms with Crippen molar-refractivity contribution in [1.82, 2.24) is 9.97 Å². The smallest absolute Gasteiger partial charge is 0.270 e. The number of nitrogens with one attached hydrogen (secondary N) is 1. The van der Waals surface area contributed by atoms with Crippen molar-refractivity contribution in [3.63, 3.8) is 0 Å². The summed E-state index contributed by atoms with van der Waals surface area (Å²) in [4.78, 5) is 19.1. The Bertz CT molecular complexity index is 555. The number of hydrogen-bond donors (Lipinski definition) is 1. The molecule has 1 saturated carbocycles. The van der Waals surface area contributed by atoms with Gasteiger partial charge in [0.1, 0.15) is 5.69 Å². The van der Waals surface area contributed by atoms with Crippen LogP contribution in [0.25, 0.3) is 11.0 Å². The van der Waals surface area contributed by atoms with Gasteiger partial charge >= 0.3 is 0 Å². The Morgan fingerprint density at radius 3 is 2.80 bits per heavy atom. The predicted octanol–water partition coefficient (Wildman–Crippen LogP) is 2.19. The summed E-state index contributed by atoms with van der Waals surface area (Å²) in [6.07, 6.45) is 3.43. The molecular weight excluding hydrogens is 188 g/mol. The number of fused-ring (bicyclic) bond motifs is 1. The van der Waals surface area contributed by atoms with Crippen LogP contribution in [-0.4, -0.2) is 9.97 Å². The van der Waals surface area contributed by atoms with Gasteiger partial charge in [0.2, 0.25) is 0 Å². The van der Waals surface area contributed by atoms with E-state index in [2.05, 4.69) is 9.97 Å². The number of aromatic nitrogens is 2. The van der Waals surface area contributed by atoms with Gasteiger partial charge in [0.05, 0.1) is 11.0 Å². The quantitative estimate of drug-likeness (QED) is 0.767. The van der Waals surface area contributed by atoms with Gasteiger partial charge in [0.25, 0.3) is 5.56 Å². The molecule has 3 heteroatoms. The molecule has 1 fully saturated rings. The average molecular weight is 200 g/mol. The summed E-state index contributed by atoms with van der Waals surface area (Å²) in [6, 6.07) is 7.67. The Balaban J connectivity index is 2.22. The molecule has 1 aliphatic carbocycles. The van der Waals surface area contributed by atoms with Gasteiger partial charge in [-0.2, -0.15) is 0 Å². The SMILES string of the molecule is O=c1[nH]c2ccccc2nc1C1CCC1. The maximum atomic E-state index is 11.7. The number of H-pyrrole nitrogens is 1. The summed E-state index contributed by atoms with van der Waals surface area (Å²) < 4.78 is 0. The summed E-state index contributed by atoms with van der Waals surface area (Å²) in [6.45, 7) is 0. The summed E-state index contributed by atoms with van der Waals surface area (Å²) in [5, 5.41) is 0. The van der Waals surface area contributed by atoms with E-state index >= 15 is 0 Å². The Morgan fingerprint density at radius 2 is 2.07 bits per heavy atom. The largest absolute Gasteiger partial charge is 0.319 e. The van der Waals surface area contributed by atoms with Crippen LogP contribution in [-0.2, 0) is 0 Å². The summed E-state index contributed by atoms with van der Waals surface area (Å²) in [7, 11) is 0. The fourth-order valence-corrected chi connectivity index (χ4v) is 2.00. The van der Waals surface area contributed by atoms with Gasteiger partial charge in [-0.15, -0.1) is 0 Å². The molecule has 3 nitrogen and oxygen atoms in total. The van der Waals surface area contributed by atoms with Crippen LogP contribution in [0, 0.1) is 0 Å². The molecule has 3 rings (SSSR count). The molecule has 0 bridgehead atoms. The van der Waals surface area contributed by atoms with Gasteiger partial charge in [-0.25, -0.2) is 4.98 Å². The second-order valence-corrected chi connectivity index (χ2v) is 4.10. The van der Waals surface area contributed by atoms with Crippen molar-refractivity contribution in [3.05, 3.63) is 40.3 Å². The monoisotopic (exact) mass is 200 g/mol. The summed E-state index contributed by atoms with van der Waals surface area (Å²) in [5.74, 6) is 0.387. The lowest BCUT2D eigenvalue weighted by Gasteiger charge is -2.23. The molecule has 1 aromatic carbocycles. The third kappa shape index (κ3) is 1.35. The molecule has 0 saturated heterocycles. The van der Waals surface area contributed by atoms with Crippen LogP contribution in [0.5, 0.6) is 0 Å². The first-order chi connectivity index (χ1) is 7.34. The molecule has 76 valence electrons. The molecule has 15 heavy (non-hydrogen) atoms. The number of rotatable bonds is 1. The fourth-order valence-electron chi connectivity index (χ4n) is 2.00. The van der Waals surface area contributed by atoms with Crippen LogP contribution in [0.4, 0.5) is 0 Å². The molecule has 0 radical (unpaired) electrons. The van der Waals surface area contributed by atoms with Crippen LogP contribution >= 0.6 is 0 Å². The normalized spacial score (nSPS) is 16.5. The standard InChI is InChI=1S/C12H12N2O/c15-12-11(8-4-3-5-8)13-9-6-1-2-7-10(9)14-12/h1-2,6-8H,3-5H2,(H,14,15). The highest BCUT2D eigenvalue weighted by Crippen LogP contribution is 2.33. The molecule has 0 amide bonds. The molecule has 2 aromatic rings. The van der Waals surface area contributed by atoms with Crippen molar-refractivity contribution in [1.29, 1.82) is 0 Å². The highest BCUT2D eigenvalue weighted by Gasteiger charge is 2.23. The van der Waals surface area contributed by atoms with Crippen LogP contribution in [0.15, 0.2) is 29.1 Å². The number of benzene rings is 1. The maximum Gasteiger partial charge on any atom is 0.270 e. The minimum absolute atomic E-state index is 0.0154. The molecule has 1 aliphatic rings. The van der Waals surface area contributed by atoms with Crippen LogP contribution in [0.1, 0.15) is 30.9 Å². The van der Waals surface area contributed by atoms with Gasteiger partial charge in [-0.1, -0.05) is 18.6 Å². The summed E-state index contributed by atoms with van der Waals surface area (Å²) >= 11 is 0. The van der Waals surface area contributed by atoms with Crippen molar-refractivity contribution in [2.24, 2.45) is 0 Å². The second-order valence-electron chi connectivity index (χ2n) is 4.10. The minimum atomic E-state index is -0.0154. The topological polar surface area (TPSA) is 45.8 Å². The molecule has 1 aromatic heterocycles. The lowest BCUT2D eigenvalue weighted by Crippen LogP contribution is -2.22. The first-order valence-electron chi connectivity index (χ1n) is 5.33. The molecular formula is C12H12N2O. The van der Waals surface area contributed by atoms with Crippen LogP contribution in [0.2, 0.25) is 0 Å². The maximum absolute atomic E-state index is 11.7. The highest BCUT2D eigenvalue weighted by molar-refractivity contribution is 5.73. The number of hydrogen-bond acceptors (Lipinski definition) is 2. The zero-order chi connectivity index (χ0) is 10.3. The Labute approximate surface area is 87.2 Å². The fraction of sp³-hybridized carbons (Fsp3) is 0.333. The Morgan fingerprint density at radius 1 is 1.27 bits per heavy atom. The van der Waals surface area contributed by atoms with Crippen molar-refractivity contribution in [3.8, 4) is 0 Å². The highest BCUT2D eigenvalue weighted by atomic mass is 16.1. The van der Waals surface area contributed by atoms with E-state index in [4.69, 9.17) is 0 Å². The zero-order valence-corrected chi connectivity index (χ0v) is 8.36. The van der Waals surface area contributed by atoms with Gasteiger partial charge in [0.15, 0.2) is 0 Å². The van der Waals surface area contributed by atoms with E-state index in [-0.39, 0.29) is 5.56 Å². The van der Waals surface area contributed by atoms with Crippen molar-refractivity contribution >= 4 is 11.0 Å². The van der Waals surface area contributed by atoms with Gasteiger partial charge in [-0.05, 0) is 25.0 Å². The van der Waals surface area contributed by atoms with E-state index in [9.17, 15) is 4.79 Å². The number of nitrogens with zero attached hydrogens (tertiary/aromatic N) is 1. The van der Waals surface area contributed by atoms with E-state index in [0.29, 0.717) is 5.92 Å². The third-order valence-electron chi connectivity index (χ3n) is 3.12. The van der Waals surface area contributed by atoms with E-state index in [1.807, 2.05) is 24.3 Å². The van der Waals surface area contributed by atoms with Gasteiger partial charge in [0, 0.05) is 5.92 Å². The minimum Gasteiger partial charge on any atom is -0.319 e.